The van der Waals surface area contributed by atoms with E-state index < -0.39 is 5.97 Å². The van der Waals surface area contributed by atoms with Crippen LogP contribution in [0.2, 0.25) is 0 Å². The van der Waals surface area contributed by atoms with E-state index >= 15 is 0 Å². The molecule has 0 rings (SSSR count). The van der Waals surface area contributed by atoms with Crippen LogP contribution in [0.1, 0.15) is 99.7 Å². The zero-order valence-corrected chi connectivity index (χ0v) is 20.6. The average Bonchev–Trinajstić information content (AvgIpc) is 2.43. The first-order valence-electron chi connectivity index (χ1n) is 8.64. The molecule has 23 heavy (non-hydrogen) atoms. The maximum absolute atomic E-state index is 10.3. The van der Waals surface area contributed by atoms with Crippen LogP contribution in [0.4, 0.5) is 0 Å². The molecule has 1 N–H and O–H groups in total. The van der Waals surface area contributed by atoms with Crippen LogP contribution in [0.5, 0.6) is 0 Å². The molecule has 0 aliphatic rings. The number of hydrogen-bond acceptors (Lipinski definition) is 1. The Morgan fingerprint density at radius 3 is 1.61 bits per heavy atom. The Bertz CT molecular complexity index is 259. The summed E-state index contributed by atoms with van der Waals surface area (Å²) in [7, 11) is 0. The van der Waals surface area contributed by atoms with Crippen LogP contribution < -0.4 is 59.1 Å². The summed E-state index contributed by atoms with van der Waals surface area (Å²) in [5, 5.41) is 8.51. The molecular formula is C18H37ClNa2O2. The second kappa shape index (κ2) is 28.3. The summed E-state index contributed by atoms with van der Waals surface area (Å²) >= 11 is 0. The number of carbonyl (C=O) groups is 1. The number of aliphatic carboxylic acids is 1. The molecule has 0 aromatic heterocycles. The van der Waals surface area contributed by atoms with Crippen molar-refractivity contribution in [3.8, 4) is 0 Å². The van der Waals surface area contributed by atoms with E-state index in [0.29, 0.717) is 6.42 Å². The zero-order chi connectivity index (χ0) is 14.9. The van der Waals surface area contributed by atoms with Gasteiger partial charge >= 0.3 is 65.1 Å². The number of carboxylic acids is 1. The second-order valence-corrected chi connectivity index (χ2v) is 5.73. The summed E-state index contributed by atoms with van der Waals surface area (Å²) in [4.78, 5) is 10.3. The number of rotatable bonds is 15. The van der Waals surface area contributed by atoms with Crippen LogP contribution in [0.3, 0.4) is 0 Å². The molecule has 0 aromatic rings. The molecule has 0 aliphatic carbocycles. The van der Waals surface area contributed by atoms with Crippen molar-refractivity contribution in [3.05, 3.63) is 12.2 Å². The summed E-state index contributed by atoms with van der Waals surface area (Å²) in [6.45, 7) is 2.26. The minimum atomic E-state index is -0.664. The van der Waals surface area contributed by atoms with Crippen molar-refractivity contribution < 1.29 is 71.9 Å². The summed E-state index contributed by atoms with van der Waals surface area (Å²) in [5.74, 6) is -0.664. The summed E-state index contributed by atoms with van der Waals surface area (Å²) < 4.78 is 0. The fourth-order valence-corrected chi connectivity index (χ4v) is 2.35. The van der Waals surface area contributed by atoms with Gasteiger partial charge < -0.3 is 7.96 Å². The van der Waals surface area contributed by atoms with Crippen LogP contribution in [-0.2, 0) is 4.79 Å². The first-order valence-corrected chi connectivity index (χ1v) is 8.64. The van der Waals surface area contributed by atoms with E-state index in [4.69, 9.17) is 5.11 Å². The minimum Gasteiger partial charge on any atom is -1.00 e. The first kappa shape index (κ1) is 32.2. The molecule has 0 aromatic carbocycles. The molecule has 0 bridgehead atoms. The maximum Gasteiger partial charge on any atom is 1.00 e. The molecular weight excluding hydrogens is 330 g/mol. The van der Waals surface area contributed by atoms with Crippen LogP contribution >= 0.6 is 12.4 Å². The molecule has 0 amide bonds. The molecule has 0 spiro atoms. The Balaban J connectivity index is -0.000000180. The van der Waals surface area contributed by atoms with Crippen molar-refractivity contribution >= 4 is 18.4 Å². The molecule has 0 atom stereocenters. The smallest absolute Gasteiger partial charge is 1.00 e. The molecule has 0 saturated heterocycles. The van der Waals surface area contributed by atoms with Crippen molar-refractivity contribution in [2.75, 3.05) is 0 Å². The Labute approximate surface area is 197 Å². The van der Waals surface area contributed by atoms with Gasteiger partial charge in [-0.2, -0.15) is 0 Å². The largest absolute Gasteiger partial charge is 1.00 e. The van der Waals surface area contributed by atoms with Gasteiger partial charge in [0.1, 0.15) is 0 Å². The van der Waals surface area contributed by atoms with Gasteiger partial charge in [0, 0.05) is 6.42 Å². The van der Waals surface area contributed by atoms with Crippen molar-refractivity contribution in [2.45, 2.75) is 96.8 Å². The van der Waals surface area contributed by atoms with Gasteiger partial charge in [-0.25, -0.2) is 0 Å². The van der Waals surface area contributed by atoms with Crippen molar-refractivity contribution in [1.82, 2.24) is 0 Å². The van der Waals surface area contributed by atoms with Crippen LogP contribution in [0.15, 0.2) is 12.2 Å². The number of halogens is 1. The van der Waals surface area contributed by atoms with Gasteiger partial charge in [0.2, 0.25) is 0 Å². The number of allylic oxidation sites excluding steroid dienone is 2. The third-order valence-electron chi connectivity index (χ3n) is 3.65. The molecule has 0 aliphatic heterocycles. The van der Waals surface area contributed by atoms with Gasteiger partial charge in [0.25, 0.3) is 0 Å². The second-order valence-electron chi connectivity index (χ2n) is 5.73. The maximum atomic E-state index is 10.3. The molecule has 130 valence electrons. The normalized spacial score (nSPS) is 9.78. The van der Waals surface area contributed by atoms with Gasteiger partial charge in [-0.3, -0.25) is 4.79 Å². The van der Waals surface area contributed by atoms with Crippen LogP contribution in [-0.4, -0.2) is 11.1 Å². The predicted molar refractivity (Wildman–Crippen MR) is 96.6 cm³/mol. The van der Waals surface area contributed by atoms with Gasteiger partial charge in [0.05, 0.1) is 0 Å². The summed E-state index contributed by atoms with van der Waals surface area (Å²) in [6.07, 6.45) is 21.2. The van der Waals surface area contributed by atoms with E-state index in [0.717, 1.165) is 12.8 Å². The van der Waals surface area contributed by atoms with Crippen LogP contribution in [0, 0.1) is 0 Å². The Kier molecular flexibility index (Phi) is 39.6. The molecule has 2 nitrogen and oxygen atoms in total. The van der Waals surface area contributed by atoms with Crippen molar-refractivity contribution in [2.24, 2.45) is 0 Å². The minimum absolute atomic E-state index is 0. The van der Waals surface area contributed by atoms with Crippen molar-refractivity contribution in [3.63, 3.8) is 0 Å². The quantitative estimate of drug-likeness (QED) is 0.264. The number of hydrogen-bond donors (Lipinski definition) is 1. The average molecular weight is 367 g/mol. The summed E-state index contributed by atoms with van der Waals surface area (Å²) in [5.41, 5.74) is 0. The standard InChI is InChI=1S/C18H34O2.ClH.2Na.2H/c1-2-3-4-5-6-7-8-9-10-11-12-13-14-15-16-17-18(19)20;;;;;/h9-10H,2-8,11-17H2,1H3,(H,19,20);1H;;;;/q;;2*+1;2*-1/b10-9-;;;;;. The van der Waals surface area contributed by atoms with Crippen molar-refractivity contribution in [1.29, 1.82) is 0 Å². The molecule has 0 saturated carbocycles. The SMILES string of the molecule is CCCCCCCC/C=C\CCCCCCCC(=O)O.Cl.[H-].[H-].[Na+].[Na+]. The van der Waals surface area contributed by atoms with E-state index in [1.165, 1.54) is 70.6 Å². The fourth-order valence-electron chi connectivity index (χ4n) is 2.35. The van der Waals surface area contributed by atoms with Gasteiger partial charge in [-0.1, -0.05) is 70.4 Å². The van der Waals surface area contributed by atoms with Gasteiger partial charge in [-0.15, -0.1) is 12.4 Å². The molecule has 0 radical (unpaired) electrons. The Morgan fingerprint density at radius 2 is 1.17 bits per heavy atom. The zero-order valence-electron chi connectivity index (χ0n) is 17.8. The summed E-state index contributed by atoms with van der Waals surface area (Å²) in [6, 6.07) is 0. The van der Waals surface area contributed by atoms with E-state index in [2.05, 4.69) is 19.1 Å². The number of unbranched alkanes of at least 4 members (excludes halogenated alkanes) is 11. The van der Waals surface area contributed by atoms with E-state index in [-0.39, 0.29) is 74.4 Å². The number of carboxylic acid groups (broad SMARTS) is 1. The predicted octanol–water partition coefficient (Wildman–Crippen LogP) is 0.763. The topological polar surface area (TPSA) is 37.3 Å². The third-order valence-corrected chi connectivity index (χ3v) is 3.65. The monoisotopic (exact) mass is 366 g/mol. The fraction of sp³-hybridized carbons (Fsp3) is 0.833. The van der Waals surface area contributed by atoms with E-state index in [1.54, 1.807) is 0 Å². The molecule has 0 fully saturated rings. The molecule has 0 heterocycles. The van der Waals surface area contributed by atoms with Gasteiger partial charge in [0.15, 0.2) is 0 Å². The molecule has 5 heteroatoms. The van der Waals surface area contributed by atoms with Crippen LogP contribution in [0.25, 0.3) is 0 Å². The molecule has 0 unspecified atom stereocenters. The third kappa shape index (κ3) is 31.7. The Morgan fingerprint density at radius 1 is 0.783 bits per heavy atom. The van der Waals surface area contributed by atoms with E-state index in [9.17, 15) is 4.79 Å². The Hall–Kier alpha value is 1.50. The van der Waals surface area contributed by atoms with E-state index in [1.807, 2.05) is 0 Å². The van der Waals surface area contributed by atoms with Gasteiger partial charge in [-0.05, 0) is 32.1 Å². The first-order chi connectivity index (χ1) is 9.77.